The summed E-state index contributed by atoms with van der Waals surface area (Å²) in [4.78, 5) is 36.3. The topological polar surface area (TPSA) is 96.5 Å². The molecule has 0 aliphatic rings. The molecule has 0 unspecified atom stereocenters. The van der Waals surface area contributed by atoms with E-state index in [4.69, 9.17) is 4.74 Å². The van der Waals surface area contributed by atoms with E-state index in [2.05, 4.69) is 16.0 Å². The molecule has 7 heteroatoms. The molecule has 7 nitrogen and oxygen atoms in total. The maximum atomic E-state index is 12.5. The van der Waals surface area contributed by atoms with Crippen LogP contribution in [0.5, 0.6) is 0 Å². The van der Waals surface area contributed by atoms with E-state index in [1.165, 1.54) is 0 Å². The van der Waals surface area contributed by atoms with Crippen LogP contribution in [-0.4, -0.2) is 30.1 Å². The van der Waals surface area contributed by atoms with Gasteiger partial charge < -0.3 is 20.7 Å². The summed E-state index contributed by atoms with van der Waals surface area (Å²) in [5.41, 5.74) is 3.83. The van der Waals surface area contributed by atoms with E-state index >= 15 is 0 Å². The van der Waals surface area contributed by atoms with Crippen molar-refractivity contribution < 1.29 is 19.1 Å². The predicted molar refractivity (Wildman–Crippen MR) is 127 cm³/mol. The summed E-state index contributed by atoms with van der Waals surface area (Å²) in [6.07, 6.45) is 1.46. The first-order chi connectivity index (χ1) is 15.0. The molecule has 0 aromatic heterocycles. The average molecular weight is 440 g/mol. The lowest BCUT2D eigenvalue weighted by molar-refractivity contribution is -0.154. The highest BCUT2D eigenvalue weighted by Gasteiger charge is 2.17. The summed E-state index contributed by atoms with van der Waals surface area (Å²) in [7, 11) is 0. The minimum atomic E-state index is -0.581. The number of aryl methyl sites for hydroxylation is 3. The van der Waals surface area contributed by atoms with Crippen LogP contribution >= 0.6 is 0 Å². The van der Waals surface area contributed by atoms with Gasteiger partial charge in [-0.15, -0.1) is 0 Å². The van der Waals surface area contributed by atoms with Gasteiger partial charge in [0.1, 0.15) is 12.1 Å². The van der Waals surface area contributed by atoms with Crippen molar-refractivity contribution in [3.8, 4) is 0 Å². The number of benzene rings is 2. The highest BCUT2D eigenvalue weighted by molar-refractivity contribution is 6.00. The minimum absolute atomic E-state index is 0.146. The lowest BCUT2D eigenvalue weighted by atomic mass is 10.0. The third-order valence-corrected chi connectivity index (χ3v) is 4.57. The van der Waals surface area contributed by atoms with Crippen molar-refractivity contribution in [1.82, 2.24) is 5.32 Å². The second-order valence-corrected chi connectivity index (χ2v) is 8.77. The van der Waals surface area contributed by atoms with E-state index < -0.39 is 11.6 Å². The third kappa shape index (κ3) is 8.79. The number of amides is 3. The van der Waals surface area contributed by atoms with Gasteiger partial charge in [0.15, 0.2) is 0 Å². The lowest BCUT2D eigenvalue weighted by Crippen LogP contribution is -2.34. The van der Waals surface area contributed by atoms with Gasteiger partial charge in [0, 0.05) is 17.8 Å². The summed E-state index contributed by atoms with van der Waals surface area (Å²) in [5, 5.41) is 8.37. The number of nitrogens with one attached hydrogen (secondary N) is 3. The second kappa shape index (κ2) is 11.3. The maximum Gasteiger partial charge on any atom is 0.325 e. The number of anilines is 2. The van der Waals surface area contributed by atoms with Gasteiger partial charge in [-0.2, -0.15) is 0 Å². The maximum absolute atomic E-state index is 12.5. The van der Waals surface area contributed by atoms with Crippen LogP contribution in [0.1, 0.15) is 50.3 Å². The Morgan fingerprint density at radius 1 is 0.969 bits per heavy atom. The van der Waals surface area contributed by atoms with Crippen LogP contribution in [0.25, 0.3) is 0 Å². The number of carbonyl (C=O) groups is 3. The molecule has 3 amide bonds. The summed E-state index contributed by atoms with van der Waals surface area (Å²) in [6.45, 7) is 9.09. The number of rotatable bonds is 8. The first-order valence-electron chi connectivity index (χ1n) is 10.8. The van der Waals surface area contributed by atoms with Gasteiger partial charge in [0.25, 0.3) is 0 Å². The van der Waals surface area contributed by atoms with Crippen molar-refractivity contribution in [2.24, 2.45) is 0 Å². The highest BCUT2D eigenvalue weighted by atomic mass is 16.6. The van der Waals surface area contributed by atoms with Crippen molar-refractivity contribution in [3.05, 3.63) is 59.2 Å². The molecule has 0 aliphatic heterocycles. The number of para-hydroxylation sites is 1. The zero-order valence-corrected chi connectivity index (χ0v) is 19.5. The van der Waals surface area contributed by atoms with E-state index in [0.717, 1.165) is 28.1 Å². The van der Waals surface area contributed by atoms with Crippen LogP contribution in [0.4, 0.5) is 16.2 Å². The Kier molecular flexibility index (Phi) is 8.81. The smallest absolute Gasteiger partial charge is 0.325 e. The van der Waals surface area contributed by atoms with E-state index in [9.17, 15) is 14.4 Å². The number of urea groups is 1. The highest BCUT2D eigenvalue weighted by Crippen LogP contribution is 2.23. The fourth-order valence-electron chi connectivity index (χ4n) is 3.19. The van der Waals surface area contributed by atoms with E-state index in [1.54, 1.807) is 20.8 Å². The summed E-state index contributed by atoms with van der Waals surface area (Å²) < 4.78 is 5.18. The van der Waals surface area contributed by atoms with Gasteiger partial charge in [-0.3, -0.25) is 9.59 Å². The standard InChI is InChI=1S/C25H33N3O4/c1-17-9-6-13-20(15-17)27-24(31)28-23-18(2)10-7-11-19(23)12-8-14-21(29)26-16-22(30)32-25(3,4)5/h6-7,9-11,13,15H,8,12,14,16H2,1-5H3,(H,26,29)(H2,27,28,31). The van der Waals surface area contributed by atoms with Gasteiger partial charge in [-0.25, -0.2) is 4.79 Å². The molecule has 0 spiro atoms. The van der Waals surface area contributed by atoms with E-state index in [0.29, 0.717) is 12.8 Å². The largest absolute Gasteiger partial charge is 0.459 e. The number of esters is 1. The Morgan fingerprint density at radius 3 is 2.38 bits per heavy atom. The van der Waals surface area contributed by atoms with E-state index in [-0.39, 0.29) is 24.9 Å². The molecule has 2 rings (SSSR count). The molecule has 0 saturated heterocycles. The molecule has 0 atom stereocenters. The molecule has 32 heavy (non-hydrogen) atoms. The Bertz CT molecular complexity index is 964. The third-order valence-electron chi connectivity index (χ3n) is 4.57. The molecule has 2 aromatic rings. The summed E-state index contributed by atoms with van der Waals surface area (Å²) >= 11 is 0. The molecule has 172 valence electrons. The molecule has 0 aliphatic carbocycles. The number of hydrogen-bond acceptors (Lipinski definition) is 4. The fourth-order valence-corrected chi connectivity index (χ4v) is 3.19. The van der Waals surface area contributed by atoms with Gasteiger partial charge in [-0.1, -0.05) is 30.3 Å². The first-order valence-corrected chi connectivity index (χ1v) is 10.8. The first kappa shape index (κ1) is 24.9. The van der Waals surface area contributed by atoms with Crippen LogP contribution in [0.15, 0.2) is 42.5 Å². The lowest BCUT2D eigenvalue weighted by Gasteiger charge is -2.19. The van der Waals surface area contributed by atoms with Crippen molar-refractivity contribution in [2.75, 3.05) is 17.2 Å². The van der Waals surface area contributed by atoms with Gasteiger partial charge in [0.2, 0.25) is 5.91 Å². The van der Waals surface area contributed by atoms with Crippen molar-refractivity contribution >= 4 is 29.3 Å². The number of ether oxygens (including phenoxy) is 1. The summed E-state index contributed by atoms with van der Waals surface area (Å²) in [5.74, 6) is -0.675. The average Bonchev–Trinajstić information content (AvgIpc) is 2.67. The molecule has 0 saturated carbocycles. The Hall–Kier alpha value is -3.35. The zero-order chi connectivity index (χ0) is 23.7. The van der Waals surface area contributed by atoms with Gasteiger partial charge in [0.05, 0.1) is 0 Å². The normalized spacial score (nSPS) is 10.9. The molecular weight excluding hydrogens is 406 g/mol. The molecule has 0 bridgehead atoms. The van der Waals surface area contributed by atoms with Crippen molar-refractivity contribution in [2.45, 2.75) is 59.5 Å². The monoisotopic (exact) mass is 439 g/mol. The number of carbonyl (C=O) groups excluding carboxylic acids is 3. The Balaban J connectivity index is 1.87. The zero-order valence-electron chi connectivity index (χ0n) is 19.5. The van der Waals surface area contributed by atoms with Crippen LogP contribution in [0, 0.1) is 13.8 Å². The van der Waals surface area contributed by atoms with Crippen molar-refractivity contribution in [3.63, 3.8) is 0 Å². The predicted octanol–water partition coefficient (Wildman–Crippen LogP) is 4.73. The van der Waals surface area contributed by atoms with Crippen molar-refractivity contribution in [1.29, 1.82) is 0 Å². The number of hydrogen-bond donors (Lipinski definition) is 3. The van der Waals surface area contributed by atoms with Crippen LogP contribution < -0.4 is 16.0 Å². The molecule has 2 aromatic carbocycles. The molecular formula is C25H33N3O4. The summed E-state index contributed by atoms with van der Waals surface area (Å²) in [6, 6.07) is 13.1. The molecule has 0 radical (unpaired) electrons. The van der Waals surface area contributed by atoms with Crippen LogP contribution in [0.2, 0.25) is 0 Å². The molecule has 3 N–H and O–H groups in total. The Labute approximate surface area is 189 Å². The minimum Gasteiger partial charge on any atom is -0.459 e. The SMILES string of the molecule is Cc1cccc(NC(=O)Nc2c(C)cccc2CCCC(=O)NCC(=O)OC(C)(C)C)c1. The van der Waals surface area contributed by atoms with Gasteiger partial charge in [-0.05, 0) is 76.3 Å². The second-order valence-electron chi connectivity index (χ2n) is 8.77. The fraction of sp³-hybridized carbons (Fsp3) is 0.400. The molecule has 0 heterocycles. The van der Waals surface area contributed by atoms with Crippen LogP contribution in [-0.2, 0) is 20.7 Å². The van der Waals surface area contributed by atoms with E-state index in [1.807, 2.05) is 56.3 Å². The van der Waals surface area contributed by atoms with Crippen LogP contribution in [0.3, 0.4) is 0 Å². The Morgan fingerprint density at radius 2 is 1.69 bits per heavy atom. The van der Waals surface area contributed by atoms with Gasteiger partial charge >= 0.3 is 12.0 Å². The molecule has 0 fully saturated rings. The quantitative estimate of drug-likeness (QED) is 0.518.